The fourth-order valence-electron chi connectivity index (χ4n) is 3.47. The molecule has 0 aromatic rings. The molecule has 3 unspecified atom stereocenters. The Labute approximate surface area is 116 Å². The molecule has 0 aromatic carbocycles. The van der Waals surface area contributed by atoms with Gasteiger partial charge in [0, 0.05) is 12.5 Å². The van der Waals surface area contributed by atoms with Gasteiger partial charge in [-0.1, -0.05) is 6.42 Å². The van der Waals surface area contributed by atoms with E-state index in [0.717, 1.165) is 25.8 Å². The third-order valence-electron chi connectivity index (χ3n) is 4.53. The third kappa shape index (κ3) is 2.89. The number of nitrogens with one attached hydrogen (secondary N) is 1. The molecule has 6 N–H and O–H groups in total. The van der Waals surface area contributed by atoms with Crippen LogP contribution in [0.25, 0.3) is 0 Å². The highest BCUT2D eigenvalue weighted by atomic mass is 31.2. The van der Waals surface area contributed by atoms with Crippen molar-refractivity contribution in [3.63, 3.8) is 0 Å². The normalized spacial score (nSPS) is 32.1. The van der Waals surface area contributed by atoms with E-state index in [4.69, 9.17) is 0 Å². The molecule has 0 amide bonds. The molecule has 0 aromatic heterocycles. The summed E-state index contributed by atoms with van der Waals surface area (Å²) < 4.78 is 22.8. The highest BCUT2D eigenvalue weighted by molar-refractivity contribution is 7.72. The molecule has 1 saturated heterocycles. The van der Waals surface area contributed by atoms with Gasteiger partial charge in [0.15, 0.2) is 0 Å². The van der Waals surface area contributed by atoms with E-state index in [-0.39, 0.29) is 12.0 Å². The molecule has 0 radical (unpaired) electrons. The lowest BCUT2D eigenvalue weighted by atomic mass is 9.76. The molecule has 0 bridgehead atoms. The van der Waals surface area contributed by atoms with E-state index in [1.807, 2.05) is 0 Å². The zero-order chi connectivity index (χ0) is 15.2. The molecule has 0 spiro atoms. The smallest absolute Gasteiger partial charge is 0.368 e. The number of rotatable bonds is 4. The quantitative estimate of drug-likeness (QED) is 0.400. The first-order valence-corrected chi connectivity index (χ1v) is 9.86. The van der Waals surface area contributed by atoms with Crippen LogP contribution in [0.4, 0.5) is 0 Å². The van der Waals surface area contributed by atoms with Gasteiger partial charge in [-0.15, -0.1) is 0 Å². The van der Waals surface area contributed by atoms with Crippen LogP contribution in [-0.4, -0.2) is 42.3 Å². The molecule has 1 aliphatic heterocycles. The number of hydrogen-bond acceptors (Lipinski definition) is 4. The first kappa shape index (κ1) is 16.6. The zero-order valence-corrected chi connectivity index (χ0v) is 12.7. The highest BCUT2D eigenvalue weighted by Crippen LogP contribution is 2.70. The number of hydrogen-bond donors (Lipinski definition) is 6. The molecule has 1 saturated carbocycles. The van der Waals surface area contributed by atoms with Gasteiger partial charge in [-0.25, -0.2) is 0 Å². The minimum atomic E-state index is -5.35. The van der Waals surface area contributed by atoms with Gasteiger partial charge in [-0.2, -0.15) is 0 Å². The summed E-state index contributed by atoms with van der Waals surface area (Å²) in [4.78, 5) is 36.8. The Morgan fingerprint density at radius 1 is 1.05 bits per heavy atom. The summed E-state index contributed by atoms with van der Waals surface area (Å²) in [6.45, 7) is 0.788. The standard InChI is InChI=1S/C10H21NO7P2/c12-10(19(13,14)15,20(16,17)18)6-8-3-1-2-7-4-5-11-9(7)8/h7-9,11-12H,1-6H2,(H2,13,14,15)(H2,16,17,18). The average Bonchev–Trinajstić information content (AvgIpc) is 2.74. The highest BCUT2D eigenvalue weighted by Gasteiger charge is 2.61. The van der Waals surface area contributed by atoms with Gasteiger partial charge in [0.2, 0.25) is 0 Å². The van der Waals surface area contributed by atoms with Crippen molar-refractivity contribution in [2.75, 3.05) is 6.54 Å². The minimum Gasteiger partial charge on any atom is -0.368 e. The molecule has 1 aliphatic carbocycles. The predicted octanol–water partition coefficient (Wildman–Crippen LogP) is 0.156. The van der Waals surface area contributed by atoms with Gasteiger partial charge in [0.05, 0.1) is 0 Å². The maximum atomic E-state index is 11.4. The Balaban J connectivity index is 2.24. The van der Waals surface area contributed by atoms with Gasteiger partial charge in [-0.05, 0) is 37.6 Å². The summed E-state index contributed by atoms with van der Waals surface area (Å²) in [6.07, 6.45) is 2.79. The third-order valence-corrected chi connectivity index (χ3v) is 8.32. The van der Waals surface area contributed by atoms with Crippen molar-refractivity contribution in [2.45, 2.75) is 43.2 Å². The van der Waals surface area contributed by atoms with Gasteiger partial charge >= 0.3 is 15.2 Å². The summed E-state index contributed by atoms with van der Waals surface area (Å²) in [6, 6.07) is -0.0339. The van der Waals surface area contributed by atoms with Crippen LogP contribution in [0.3, 0.4) is 0 Å². The first-order valence-electron chi connectivity index (χ1n) is 6.63. The van der Waals surface area contributed by atoms with Crippen LogP contribution in [-0.2, 0) is 9.13 Å². The fourth-order valence-corrected chi connectivity index (χ4v) is 5.77. The first-order chi connectivity index (χ1) is 9.06. The minimum absolute atomic E-state index is 0.0339. The number of aliphatic hydroxyl groups is 1. The molecular weight excluding hydrogens is 308 g/mol. The van der Waals surface area contributed by atoms with Crippen LogP contribution < -0.4 is 5.32 Å². The lowest BCUT2D eigenvalue weighted by molar-refractivity contribution is 0.0841. The summed E-state index contributed by atoms with van der Waals surface area (Å²) in [5.41, 5.74) is 0. The summed E-state index contributed by atoms with van der Waals surface area (Å²) in [5, 5.41) is 9.94. The van der Waals surface area contributed by atoms with E-state index in [0.29, 0.717) is 12.3 Å². The maximum absolute atomic E-state index is 11.4. The molecule has 1 heterocycles. The molecule has 2 rings (SSSR count). The van der Waals surface area contributed by atoms with Gasteiger partial charge < -0.3 is 30.0 Å². The Hall–Kier alpha value is 0.220. The van der Waals surface area contributed by atoms with E-state index < -0.39 is 26.7 Å². The van der Waals surface area contributed by atoms with E-state index in [1.165, 1.54) is 0 Å². The molecule has 10 heteroatoms. The molecule has 118 valence electrons. The van der Waals surface area contributed by atoms with Crippen LogP contribution in [0.2, 0.25) is 0 Å². The Kier molecular flexibility index (Phi) is 4.52. The monoisotopic (exact) mass is 329 g/mol. The molecule has 2 aliphatic rings. The average molecular weight is 329 g/mol. The summed E-state index contributed by atoms with van der Waals surface area (Å²) >= 11 is 0. The van der Waals surface area contributed by atoms with Crippen molar-refractivity contribution in [3.8, 4) is 0 Å². The second-order valence-corrected chi connectivity index (χ2v) is 9.79. The van der Waals surface area contributed by atoms with Crippen LogP contribution >= 0.6 is 15.2 Å². The zero-order valence-electron chi connectivity index (χ0n) is 10.9. The van der Waals surface area contributed by atoms with E-state index in [1.54, 1.807) is 0 Å². The van der Waals surface area contributed by atoms with Crippen molar-refractivity contribution in [1.82, 2.24) is 5.32 Å². The molecule has 8 nitrogen and oxygen atoms in total. The van der Waals surface area contributed by atoms with E-state index >= 15 is 0 Å². The van der Waals surface area contributed by atoms with Crippen molar-refractivity contribution in [1.29, 1.82) is 0 Å². The van der Waals surface area contributed by atoms with Gasteiger partial charge in [-0.3, -0.25) is 9.13 Å². The largest absolute Gasteiger partial charge is 0.369 e. The molecule has 20 heavy (non-hydrogen) atoms. The second kappa shape index (κ2) is 5.45. The lowest BCUT2D eigenvalue weighted by Gasteiger charge is -2.39. The maximum Gasteiger partial charge on any atom is 0.369 e. The van der Waals surface area contributed by atoms with Crippen molar-refractivity contribution < 1.29 is 33.8 Å². The Morgan fingerprint density at radius 3 is 2.20 bits per heavy atom. The lowest BCUT2D eigenvalue weighted by Crippen LogP contribution is -2.43. The van der Waals surface area contributed by atoms with E-state index in [9.17, 15) is 33.8 Å². The van der Waals surface area contributed by atoms with Crippen LogP contribution in [0.15, 0.2) is 0 Å². The summed E-state index contributed by atoms with van der Waals surface area (Å²) in [5.74, 6) is 0.00745. The van der Waals surface area contributed by atoms with Crippen LogP contribution in [0, 0.1) is 11.8 Å². The second-order valence-electron chi connectivity index (χ2n) is 5.79. The number of fused-ring (bicyclic) bond motifs is 1. The van der Waals surface area contributed by atoms with Crippen molar-refractivity contribution in [3.05, 3.63) is 0 Å². The molecule has 3 atom stereocenters. The van der Waals surface area contributed by atoms with E-state index in [2.05, 4.69) is 5.32 Å². The summed E-state index contributed by atoms with van der Waals surface area (Å²) in [7, 11) is -10.7. The SMILES string of the molecule is O=P(O)(O)C(O)(CC1CCCC2CCNC21)P(=O)(O)O. The van der Waals surface area contributed by atoms with Crippen LogP contribution in [0.1, 0.15) is 32.1 Å². The molecular formula is C10H21NO7P2. The Bertz CT molecular complexity index is 437. The van der Waals surface area contributed by atoms with Gasteiger partial charge in [0.1, 0.15) is 0 Å². The van der Waals surface area contributed by atoms with Gasteiger partial charge in [0.25, 0.3) is 5.08 Å². The Morgan fingerprint density at radius 2 is 1.65 bits per heavy atom. The van der Waals surface area contributed by atoms with Crippen LogP contribution in [0.5, 0.6) is 0 Å². The van der Waals surface area contributed by atoms with Crippen molar-refractivity contribution >= 4 is 15.2 Å². The predicted molar refractivity (Wildman–Crippen MR) is 70.9 cm³/mol. The van der Waals surface area contributed by atoms with Crippen molar-refractivity contribution in [2.24, 2.45) is 11.8 Å². The topological polar surface area (TPSA) is 147 Å². The molecule has 2 fully saturated rings. The fraction of sp³-hybridized carbons (Fsp3) is 1.00.